The maximum atomic E-state index is 10.2. The number of rotatable bonds is 2. The molecule has 1 atom stereocenters. The van der Waals surface area contributed by atoms with Crippen LogP contribution in [-0.2, 0) is 6.42 Å². The fourth-order valence-corrected chi connectivity index (χ4v) is 4.28. The third-order valence-electron chi connectivity index (χ3n) is 5.62. The topological polar surface area (TPSA) is 52.5 Å². The van der Waals surface area contributed by atoms with E-state index in [1.54, 1.807) is 6.07 Å². The van der Waals surface area contributed by atoms with E-state index in [2.05, 4.69) is 34.0 Å². The summed E-state index contributed by atoms with van der Waals surface area (Å²) in [7, 11) is 2.20. The number of nitrogens with zero attached hydrogens (tertiary/aromatic N) is 4. The summed E-state index contributed by atoms with van der Waals surface area (Å²) in [5.74, 6) is 1.32. The highest BCUT2D eigenvalue weighted by atomic mass is 16.3. The fourth-order valence-electron chi connectivity index (χ4n) is 4.28. The van der Waals surface area contributed by atoms with Crippen molar-refractivity contribution in [3.05, 3.63) is 35.4 Å². The number of likely N-dealkylation sites (N-methyl/N-ethyl adjacent to an activating group) is 1. The summed E-state index contributed by atoms with van der Waals surface area (Å²) in [4.78, 5) is 4.89. The van der Waals surface area contributed by atoms with Gasteiger partial charge in [-0.2, -0.15) is 0 Å². The lowest BCUT2D eigenvalue weighted by molar-refractivity contribution is 0.242. The van der Waals surface area contributed by atoms with Crippen molar-refractivity contribution in [2.75, 3.05) is 31.6 Å². The van der Waals surface area contributed by atoms with Crippen LogP contribution in [0.15, 0.2) is 24.3 Å². The Bertz CT molecular complexity index is 776. The van der Waals surface area contributed by atoms with Crippen LogP contribution in [0.4, 0.5) is 5.82 Å². The maximum Gasteiger partial charge on any atom is 0.155 e. The van der Waals surface area contributed by atoms with Crippen LogP contribution in [0.25, 0.3) is 11.3 Å². The number of piperidine rings is 1. The molecule has 0 aliphatic carbocycles. The molecule has 5 nitrogen and oxygen atoms in total. The van der Waals surface area contributed by atoms with Gasteiger partial charge in [-0.25, -0.2) is 0 Å². The average molecular weight is 338 g/mol. The molecule has 1 aromatic heterocycles. The third kappa shape index (κ3) is 2.97. The number of aromatic hydroxyl groups is 1. The fraction of sp³-hybridized carbons (Fsp3) is 0.500. The lowest BCUT2D eigenvalue weighted by atomic mass is 9.94. The van der Waals surface area contributed by atoms with Gasteiger partial charge in [0, 0.05) is 30.3 Å². The van der Waals surface area contributed by atoms with E-state index in [9.17, 15) is 5.11 Å². The lowest BCUT2D eigenvalue weighted by Crippen LogP contribution is -2.49. The van der Waals surface area contributed by atoms with Crippen LogP contribution >= 0.6 is 0 Å². The summed E-state index contributed by atoms with van der Waals surface area (Å²) in [5, 5.41) is 19.3. The highest BCUT2D eigenvalue weighted by Gasteiger charge is 2.30. The molecule has 3 heterocycles. The van der Waals surface area contributed by atoms with E-state index < -0.39 is 0 Å². The number of hydrogen-bond acceptors (Lipinski definition) is 5. The van der Waals surface area contributed by atoms with E-state index in [4.69, 9.17) is 0 Å². The van der Waals surface area contributed by atoms with Crippen molar-refractivity contribution in [2.45, 2.75) is 38.6 Å². The minimum absolute atomic E-state index is 0.265. The van der Waals surface area contributed by atoms with Crippen LogP contribution in [0.3, 0.4) is 0 Å². The molecule has 1 N–H and O–H groups in total. The molecule has 1 saturated heterocycles. The van der Waals surface area contributed by atoms with Gasteiger partial charge < -0.3 is 14.9 Å². The van der Waals surface area contributed by atoms with Crippen LogP contribution in [0.2, 0.25) is 0 Å². The van der Waals surface area contributed by atoms with Gasteiger partial charge in [0.1, 0.15) is 5.75 Å². The molecule has 0 radical (unpaired) electrons. The Morgan fingerprint density at radius 1 is 1.12 bits per heavy atom. The molecule has 25 heavy (non-hydrogen) atoms. The second-order valence-corrected chi connectivity index (χ2v) is 7.35. The first-order chi connectivity index (χ1) is 12.1. The Hall–Kier alpha value is -2.14. The van der Waals surface area contributed by atoms with Crippen LogP contribution in [-0.4, -0.2) is 52.9 Å². The van der Waals surface area contributed by atoms with Crippen molar-refractivity contribution in [1.29, 1.82) is 0 Å². The molecule has 0 spiro atoms. The second-order valence-electron chi connectivity index (χ2n) is 7.35. The molecule has 1 fully saturated rings. The van der Waals surface area contributed by atoms with Gasteiger partial charge in [-0.05, 0) is 63.9 Å². The first kappa shape index (κ1) is 16.3. The van der Waals surface area contributed by atoms with Crippen molar-refractivity contribution in [1.82, 2.24) is 15.1 Å². The summed E-state index contributed by atoms with van der Waals surface area (Å²) >= 11 is 0. The van der Waals surface area contributed by atoms with Gasteiger partial charge >= 0.3 is 0 Å². The SMILES string of the molecule is Cc1c(-c2ccccc2O)nnc2c1CCCN2[C@@H]1CCCN(C)C1. The van der Waals surface area contributed by atoms with E-state index in [1.807, 2.05) is 18.2 Å². The Labute approximate surface area is 149 Å². The lowest BCUT2D eigenvalue weighted by Gasteiger charge is -2.41. The number of para-hydroxylation sites is 1. The Balaban J connectivity index is 1.73. The summed E-state index contributed by atoms with van der Waals surface area (Å²) in [5.41, 5.74) is 4.03. The molecule has 2 aliphatic heterocycles. The number of phenols is 1. The average Bonchev–Trinajstić information content (AvgIpc) is 2.63. The van der Waals surface area contributed by atoms with Crippen LogP contribution in [0.5, 0.6) is 5.75 Å². The van der Waals surface area contributed by atoms with E-state index in [-0.39, 0.29) is 5.75 Å². The molecule has 0 saturated carbocycles. The quantitative estimate of drug-likeness (QED) is 0.912. The molecule has 2 aromatic rings. The van der Waals surface area contributed by atoms with Crippen molar-refractivity contribution in [2.24, 2.45) is 0 Å². The number of aromatic nitrogens is 2. The Kier molecular flexibility index (Phi) is 4.34. The van der Waals surface area contributed by atoms with E-state index in [0.29, 0.717) is 6.04 Å². The third-order valence-corrected chi connectivity index (χ3v) is 5.62. The predicted octanol–water partition coefficient (Wildman–Crippen LogP) is 3.00. The molecular formula is C20H26N4O. The molecule has 132 valence electrons. The van der Waals surface area contributed by atoms with Gasteiger partial charge in [0.25, 0.3) is 0 Å². The largest absolute Gasteiger partial charge is 0.507 e. The standard InChI is InChI=1S/C20H26N4O/c1-14-16-9-6-12-24(15-7-5-11-23(2)13-15)20(16)22-21-19(14)17-8-3-4-10-18(17)25/h3-4,8,10,15,25H,5-7,9,11-13H2,1-2H3/t15-/m1/s1. The highest BCUT2D eigenvalue weighted by Crippen LogP contribution is 2.36. The number of likely N-dealkylation sites (tertiary alicyclic amines) is 1. The summed E-state index contributed by atoms with van der Waals surface area (Å²) < 4.78 is 0. The van der Waals surface area contributed by atoms with Crippen molar-refractivity contribution in [3.63, 3.8) is 0 Å². The summed E-state index contributed by atoms with van der Waals surface area (Å²) in [6, 6.07) is 7.92. The van der Waals surface area contributed by atoms with Gasteiger partial charge in [-0.3, -0.25) is 0 Å². The number of fused-ring (bicyclic) bond motifs is 1. The van der Waals surface area contributed by atoms with E-state index in [1.165, 1.54) is 24.9 Å². The number of phenolic OH excluding ortho intramolecular Hbond substituents is 1. The summed E-state index contributed by atoms with van der Waals surface area (Å²) in [6.45, 7) is 5.47. The van der Waals surface area contributed by atoms with E-state index in [0.717, 1.165) is 48.6 Å². The minimum atomic E-state index is 0.265. The Morgan fingerprint density at radius 2 is 1.96 bits per heavy atom. The van der Waals surface area contributed by atoms with Crippen LogP contribution < -0.4 is 4.90 Å². The number of hydrogen-bond donors (Lipinski definition) is 1. The monoisotopic (exact) mass is 338 g/mol. The zero-order chi connectivity index (χ0) is 17.4. The van der Waals surface area contributed by atoms with Crippen molar-refractivity contribution >= 4 is 5.82 Å². The first-order valence-electron chi connectivity index (χ1n) is 9.25. The van der Waals surface area contributed by atoms with Gasteiger partial charge in [0.05, 0.1) is 5.69 Å². The zero-order valence-corrected chi connectivity index (χ0v) is 15.1. The second kappa shape index (κ2) is 6.64. The number of benzene rings is 1. The maximum absolute atomic E-state index is 10.2. The van der Waals surface area contributed by atoms with Crippen molar-refractivity contribution < 1.29 is 5.11 Å². The zero-order valence-electron chi connectivity index (χ0n) is 15.1. The van der Waals surface area contributed by atoms with Gasteiger partial charge in [-0.15, -0.1) is 10.2 Å². The van der Waals surface area contributed by atoms with Crippen molar-refractivity contribution in [3.8, 4) is 17.0 Å². The molecule has 0 unspecified atom stereocenters. The molecule has 4 rings (SSSR count). The molecule has 0 bridgehead atoms. The molecule has 2 aliphatic rings. The van der Waals surface area contributed by atoms with Gasteiger partial charge in [-0.1, -0.05) is 12.1 Å². The molecule has 5 heteroatoms. The minimum Gasteiger partial charge on any atom is -0.507 e. The van der Waals surface area contributed by atoms with E-state index >= 15 is 0 Å². The van der Waals surface area contributed by atoms with Crippen LogP contribution in [0, 0.1) is 6.92 Å². The highest BCUT2D eigenvalue weighted by molar-refractivity contribution is 5.72. The predicted molar refractivity (Wildman–Crippen MR) is 100 cm³/mol. The normalized spacial score (nSPS) is 21.2. The number of anilines is 1. The molecule has 1 aromatic carbocycles. The van der Waals surface area contributed by atoms with Gasteiger partial charge in [0.15, 0.2) is 5.82 Å². The van der Waals surface area contributed by atoms with Gasteiger partial charge in [0.2, 0.25) is 0 Å². The smallest absolute Gasteiger partial charge is 0.155 e. The molecular weight excluding hydrogens is 312 g/mol. The summed E-state index contributed by atoms with van der Waals surface area (Å²) in [6.07, 6.45) is 4.66. The van der Waals surface area contributed by atoms with Crippen LogP contribution in [0.1, 0.15) is 30.4 Å². The Morgan fingerprint density at radius 3 is 2.76 bits per heavy atom. The molecule has 0 amide bonds. The first-order valence-corrected chi connectivity index (χ1v) is 9.25.